The number of cyclic esters (lactones) is 1. The molecule has 1 aromatic heterocycles. The van der Waals surface area contributed by atoms with Crippen LogP contribution < -0.4 is 9.47 Å². The first-order chi connectivity index (χ1) is 14.1. The van der Waals surface area contributed by atoms with Gasteiger partial charge >= 0.3 is 5.97 Å². The molecule has 0 amide bonds. The average Bonchev–Trinajstić information content (AvgIpc) is 3.37. The number of carbonyl (C=O) groups excluding carboxylic acids is 1. The summed E-state index contributed by atoms with van der Waals surface area (Å²) in [6.07, 6.45) is 1.66. The molecule has 146 valence electrons. The molecule has 0 bridgehead atoms. The highest BCUT2D eigenvalue weighted by atomic mass is 35.5. The lowest BCUT2D eigenvalue weighted by molar-refractivity contribution is -0.129. The van der Waals surface area contributed by atoms with Gasteiger partial charge in [-0.1, -0.05) is 35.9 Å². The van der Waals surface area contributed by atoms with Gasteiger partial charge in [0.1, 0.15) is 6.61 Å². The van der Waals surface area contributed by atoms with Crippen LogP contribution in [0.5, 0.6) is 11.5 Å². The third-order valence-electron chi connectivity index (χ3n) is 4.13. The number of nitrogens with zero attached hydrogens (tertiary/aromatic N) is 1. The molecule has 4 rings (SSSR count). The molecule has 0 saturated heterocycles. The fourth-order valence-corrected chi connectivity index (χ4v) is 3.62. The summed E-state index contributed by atoms with van der Waals surface area (Å²) in [5.41, 5.74) is 1.94. The minimum Gasteiger partial charge on any atom is -0.493 e. The van der Waals surface area contributed by atoms with Crippen LogP contribution in [-0.4, -0.2) is 19.0 Å². The Balaban J connectivity index is 1.53. The molecule has 0 saturated carbocycles. The summed E-state index contributed by atoms with van der Waals surface area (Å²) in [5, 5.41) is 2.56. The summed E-state index contributed by atoms with van der Waals surface area (Å²) >= 11 is 7.47. The zero-order valence-electron chi connectivity index (χ0n) is 15.4. The Morgan fingerprint density at radius 1 is 1.14 bits per heavy atom. The van der Waals surface area contributed by atoms with Crippen molar-refractivity contribution in [2.45, 2.75) is 6.61 Å². The van der Waals surface area contributed by atoms with E-state index in [0.29, 0.717) is 29.0 Å². The zero-order valence-corrected chi connectivity index (χ0v) is 17.0. The predicted molar refractivity (Wildman–Crippen MR) is 114 cm³/mol. The van der Waals surface area contributed by atoms with Crippen LogP contribution in [0, 0.1) is 0 Å². The highest BCUT2D eigenvalue weighted by molar-refractivity contribution is 7.12. The van der Waals surface area contributed by atoms with E-state index >= 15 is 0 Å². The molecule has 2 aromatic carbocycles. The number of carbonyl (C=O) groups is 1. The van der Waals surface area contributed by atoms with Crippen molar-refractivity contribution in [3.8, 4) is 11.5 Å². The van der Waals surface area contributed by atoms with Crippen LogP contribution in [0.2, 0.25) is 5.02 Å². The Labute approximate surface area is 176 Å². The lowest BCUT2D eigenvalue weighted by Crippen LogP contribution is -2.03. The van der Waals surface area contributed by atoms with Gasteiger partial charge in [-0.3, -0.25) is 0 Å². The lowest BCUT2D eigenvalue weighted by atomic mass is 10.1. The summed E-state index contributed by atoms with van der Waals surface area (Å²) in [6, 6.07) is 16.6. The summed E-state index contributed by atoms with van der Waals surface area (Å²) in [6.45, 7) is 0.359. The van der Waals surface area contributed by atoms with Gasteiger partial charge in [-0.15, -0.1) is 11.3 Å². The monoisotopic (exact) mass is 425 g/mol. The molecule has 1 aliphatic heterocycles. The fraction of sp³-hybridized carbons (Fsp3) is 0.0909. The van der Waals surface area contributed by atoms with Gasteiger partial charge in [0, 0.05) is 5.02 Å². The maximum atomic E-state index is 12.1. The van der Waals surface area contributed by atoms with Crippen LogP contribution in [0.25, 0.3) is 6.08 Å². The van der Waals surface area contributed by atoms with Crippen LogP contribution in [-0.2, 0) is 16.1 Å². The second-order valence-electron chi connectivity index (χ2n) is 6.14. The number of esters is 1. The standard InChI is InChI=1S/C22H16ClNO4S/c1-26-19-12-14(7-8-18(19)27-13-15-4-2-5-16(23)10-15)11-17-22(25)28-21(24-17)20-6-3-9-29-20/h2-12H,13H2,1H3/b17-11-. The van der Waals surface area contributed by atoms with Crippen molar-refractivity contribution in [2.24, 2.45) is 4.99 Å². The van der Waals surface area contributed by atoms with Crippen molar-refractivity contribution in [1.82, 2.24) is 0 Å². The number of methoxy groups -OCH3 is 1. The number of hydrogen-bond acceptors (Lipinski definition) is 6. The quantitative estimate of drug-likeness (QED) is 0.395. The molecule has 0 radical (unpaired) electrons. The van der Waals surface area contributed by atoms with Crippen molar-refractivity contribution >= 4 is 40.9 Å². The van der Waals surface area contributed by atoms with E-state index in [2.05, 4.69) is 4.99 Å². The van der Waals surface area contributed by atoms with E-state index in [1.165, 1.54) is 11.3 Å². The summed E-state index contributed by atoms with van der Waals surface area (Å²) in [7, 11) is 1.56. The number of ether oxygens (including phenoxy) is 3. The molecule has 0 unspecified atom stereocenters. The third-order valence-corrected chi connectivity index (χ3v) is 5.22. The molecule has 0 atom stereocenters. The average molecular weight is 426 g/mol. The van der Waals surface area contributed by atoms with Crippen LogP contribution in [0.3, 0.4) is 0 Å². The van der Waals surface area contributed by atoms with E-state index in [9.17, 15) is 4.79 Å². The first-order valence-corrected chi connectivity index (χ1v) is 10.00. The van der Waals surface area contributed by atoms with E-state index in [-0.39, 0.29) is 5.70 Å². The van der Waals surface area contributed by atoms with E-state index in [1.807, 2.05) is 47.8 Å². The zero-order chi connectivity index (χ0) is 20.2. The number of benzene rings is 2. The van der Waals surface area contributed by atoms with Gasteiger partial charge in [-0.05, 0) is 52.9 Å². The van der Waals surface area contributed by atoms with Gasteiger partial charge in [-0.2, -0.15) is 0 Å². The molecule has 29 heavy (non-hydrogen) atoms. The SMILES string of the molecule is COc1cc(/C=C2\N=C(c3cccs3)OC2=O)ccc1OCc1cccc(Cl)c1. The van der Waals surface area contributed by atoms with Gasteiger partial charge in [0.15, 0.2) is 17.2 Å². The Hall–Kier alpha value is -3.09. The summed E-state index contributed by atoms with van der Waals surface area (Å²) in [5.74, 6) is 0.986. The number of thiophene rings is 1. The van der Waals surface area contributed by atoms with Crippen molar-refractivity contribution < 1.29 is 19.0 Å². The van der Waals surface area contributed by atoms with Crippen molar-refractivity contribution in [1.29, 1.82) is 0 Å². The molecule has 2 heterocycles. The predicted octanol–water partition coefficient (Wildman–Crippen LogP) is 5.33. The van der Waals surface area contributed by atoms with Crippen LogP contribution in [0.4, 0.5) is 0 Å². The van der Waals surface area contributed by atoms with Crippen LogP contribution in [0.15, 0.2) is 70.7 Å². The van der Waals surface area contributed by atoms with E-state index in [0.717, 1.165) is 16.0 Å². The second-order valence-corrected chi connectivity index (χ2v) is 7.53. The summed E-state index contributed by atoms with van der Waals surface area (Å²) < 4.78 is 16.6. The Morgan fingerprint density at radius 2 is 2.03 bits per heavy atom. The summed E-state index contributed by atoms with van der Waals surface area (Å²) in [4.78, 5) is 17.2. The molecule has 5 nitrogen and oxygen atoms in total. The minimum absolute atomic E-state index is 0.239. The third kappa shape index (κ3) is 4.50. The van der Waals surface area contributed by atoms with Gasteiger partial charge in [0.25, 0.3) is 0 Å². The molecular formula is C22H16ClNO4S. The first kappa shape index (κ1) is 19.2. The van der Waals surface area contributed by atoms with Crippen molar-refractivity contribution in [3.05, 3.63) is 86.7 Å². The fourth-order valence-electron chi connectivity index (χ4n) is 2.75. The van der Waals surface area contributed by atoms with Gasteiger partial charge < -0.3 is 14.2 Å². The van der Waals surface area contributed by atoms with E-state index in [1.54, 1.807) is 25.3 Å². The highest BCUT2D eigenvalue weighted by Crippen LogP contribution is 2.31. The Bertz CT molecular complexity index is 1110. The highest BCUT2D eigenvalue weighted by Gasteiger charge is 2.24. The number of aliphatic imine (C=N–C) groups is 1. The van der Waals surface area contributed by atoms with Crippen LogP contribution >= 0.6 is 22.9 Å². The first-order valence-electron chi connectivity index (χ1n) is 8.74. The number of hydrogen-bond donors (Lipinski definition) is 0. The lowest BCUT2D eigenvalue weighted by Gasteiger charge is -2.11. The maximum absolute atomic E-state index is 12.1. The van der Waals surface area contributed by atoms with Gasteiger partial charge in [-0.25, -0.2) is 9.79 Å². The largest absolute Gasteiger partial charge is 0.493 e. The number of halogens is 1. The van der Waals surface area contributed by atoms with Crippen molar-refractivity contribution in [2.75, 3.05) is 7.11 Å². The van der Waals surface area contributed by atoms with Gasteiger partial charge in [0.2, 0.25) is 5.90 Å². The topological polar surface area (TPSA) is 57.1 Å². The smallest absolute Gasteiger partial charge is 0.363 e. The maximum Gasteiger partial charge on any atom is 0.363 e. The van der Waals surface area contributed by atoms with Crippen molar-refractivity contribution in [3.63, 3.8) is 0 Å². The molecule has 0 aliphatic carbocycles. The molecule has 7 heteroatoms. The van der Waals surface area contributed by atoms with E-state index < -0.39 is 5.97 Å². The minimum atomic E-state index is -0.478. The molecular weight excluding hydrogens is 410 g/mol. The molecule has 0 spiro atoms. The molecule has 1 aliphatic rings. The van der Waals surface area contributed by atoms with Crippen LogP contribution in [0.1, 0.15) is 16.0 Å². The normalized spacial score (nSPS) is 14.6. The molecule has 0 N–H and O–H groups in total. The Kier molecular flexibility index (Phi) is 5.64. The second kappa shape index (κ2) is 8.51. The van der Waals surface area contributed by atoms with E-state index in [4.69, 9.17) is 25.8 Å². The molecule has 3 aromatic rings. The molecule has 0 fully saturated rings. The van der Waals surface area contributed by atoms with Gasteiger partial charge in [0.05, 0.1) is 12.0 Å². The number of rotatable bonds is 6. The Morgan fingerprint density at radius 3 is 2.79 bits per heavy atom.